The van der Waals surface area contributed by atoms with Crippen molar-refractivity contribution in [1.82, 2.24) is 5.32 Å². The summed E-state index contributed by atoms with van der Waals surface area (Å²) in [6.07, 6.45) is 2.69. The van der Waals surface area contributed by atoms with Crippen molar-refractivity contribution in [1.29, 1.82) is 0 Å². The van der Waals surface area contributed by atoms with Crippen molar-refractivity contribution in [3.05, 3.63) is 35.4 Å². The molecule has 3 heteroatoms. The Hall–Kier alpha value is -1.35. The van der Waals surface area contributed by atoms with Gasteiger partial charge in [-0.15, -0.1) is 0 Å². The van der Waals surface area contributed by atoms with Crippen molar-refractivity contribution in [2.45, 2.75) is 38.3 Å². The molecule has 1 aromatic carbocycles. The van der Waals surface area contributed by atoms with Crippen LogP contribution < -0.4 is 11.1 Å². The van der Waals surface area contributed by atoms with Gasteiger partial charge in [-0.1, -0.05) is 29.8 Å². The number of rotatable bonds is 3. The smallest absolute Gasteiger partial charge is 0.240 e. The molecule has 1 aromatic rings. The van der Waals surface area contributed by atoms with E-state index in [9.17, 15) is 4.79 Å². The molecule has 0 saturated heterocycles. The fourth-order valence-electron chi connectivity index (χ4n) is 1.85. The number of hydrogen-bond acceptors (Lipinski definition) is 2. The molecule has 1 fully saturated rings. The second-order valence-corrected chi connectivity index (χ2v) is 4.68. The molecule has 86 valence electrons. The first kappa shape index (κ1) is 11.1. The number of amides is 1. The van der Waals surface area contributed by atoms with Crippen LogP contribution in [0.3, 0.4) is 0 Å². The maximum Gasteiger partial charge on any atom is 0.240 e. The Morgan fingerprint density at radius 2 is 2.00 bits per heavy atom. The Morgan fingerprint density at radius 1 is 1.38 bits per heavy atom. The van der Waals surface area contributed by atoms with Gasteiger partial charge < -0.3 is 11.1 Å². The van der Waals surface area contributed by atoms with Crippen molar-refractivity contribution in [2.24, 2.45) is 5.73 Å². The molecule has 2 rings (SSSR count). The van der Waals surface area contributed by atoms with E-state index in [1.54, 1.807) is 0 Å². The number of nitrogens with two attached hydrogens (primary N) is 1. The van der Waals surface area contributed by atoms with Gasteiger partial charge in [-0.3, -0.25) is 4.79 Å². The molecule has 0 aliphatic heterocycles. The van der Waals surface area contributed by atoms with E-state index >= 15 is 0 Å². The number of aryl methyl sites for hydroxylation is 1. The van der Waals surface area contributed by atoms with E-state index < -0.39 is 5.54 Å². The molecule has 1 saturated carbocycles. The van der Waals surface area contributed by atoms with Gasteiger partial charge in [-0.05, 0) is 31.7 Å². The molecule has 0 atom stereocenters. The highest BCUT2D eigenvalue weighted by molar-refractivity contribution is 5.86. The summed E-state index contributed by atoms with van der Waals surface area (Å²) in [5, 5.41) is 2.90. The average Bonchev–Trinajstić information content (AvgIpc) is 2.24. The van der Waals surface area contributed by atoms with E-state index in [0.29, 0.717) is 6.54 Å². The van der Waals surface area contributed by atoms with E-state index in [4.69, 9.17) is 5.73 Å². The van der Waals surface area contributed by atoms with Crippen LogP contribution in [-0.4, -0.2) is 11.4 Å². The van der Waals surface area contributed by atoms with Crippen molar-refractivity contribution in [3.8, 4) is 0 Å². The van der Waals surface area contributed by atoms with Gasteiger partial charge in [0.25, 0.3) is 0 Å². The minimum absolute atomic E-state index is 0.0145. The maximum absolute atomic E-state index is 11.8. The highest BCUT2D eigenvalue weighted by Crippen LogP contribution is 2.29. The topological polar surface area (TPSA) is 55.1 Å². The zero-order chi connectivity index (χ0) is 11.6. The van der Waals surface area contributed by atoms with Crippen molar-refractivity contribution < 1.29 is 4.79 Å². The van der Waals surface area contributed by atoms with E-state index in [2.05, 4.69) is 5.32 Å². The first-order valence-electron chi connectivity index (χ1n) is 5.73. The normalized spacial score (nSPS) is 17.6. The molecule has 1 amide bonds. The fraction of sp³-hybridized carbons (Fsp3) is 0.462. The Morgan fingerprint density at radius 3 is 2.50 bits per heavy atom. The van der Waals surface area contributed by atoms with Gasteiger partial charge in [0, 0.05) is 6.54 Å². The summed E-state index contributed by atoms with van der Waals surface area (Å²) in [6.45, 7) is 2.61. The zero-order valence-corrected chi connectivity index (χ0v) is 9.62. The number of benzene rings is 1. The van der Waals surface area contributed by atoms with E-state index in [-0.39, 0.29) is 5.91 Å². The summed E-state index contributed by atoms with van der Waals surface area (Å²) >= 11 is 0. The Bertz CT molecular complexity index is 379. The van der Waals surface area contributed by atoms with Crippen molar-refractivity contribution in [2.75, 3.05) is 0 Å². The third-order valence-corrected chi connectivity index (χ3v) is 3.27. The van der Waals surface area contributed by atoms with E-state index in [1.807, 2.05) is 31.2 Å². The lowest BCUT2D eigenvalue weighted by molar-refractivity contribution is -0.129. The molecule has 0 bridgehead atoms. The lowest BCUT2D eigenvalue weighted by Crippen LogP contribution is -2.58. The second-order valence-electron chi connectivity index (χ2n) is 4.68. The highest BCUT2D eigenvalue weighted by Gasteiger charge is 2.39. The summed E-state index contributed by atoms with van der Waals surface area (Å²) in [6, 6.07) is 8.14. The largest absolute Gasteiger partial charge is 0.350 e. The van der Waals surface area contributed by atoms with Crippen LogP contribution in [0.5, 0.6) is 0 Å². The molecule has 16 heavy (non-hydrogen) atoms. The summed E-state index contributed by atoms with van der Waals surface area (Å²) in [7, 11) is 0. The van der Waals surface area contributed by atoms with Gasteiger partial charge in [0.1, 0.15) is 0 Å². The minimum atomic E-state index is -0.593. The van der Waals surface area contributed by atoms with Crippen LogP contribution in [0.4, 0.5) is 0 Å². The molecule has 1 aliphatic rings. The fourth-order valence-corrected chi connectivity index (χ4v) is 1.85. The van der Waals surface area contributed by atoms with Gasteiger partial charge in [0.05, 0.1) is 5.54 Å². The maximum atomic E-state index is 11.8. The molecule has 3 N–H and O–H groups in total. The van der Waals surface area contributed by atoms with Gasteiger partial charge in [0.15, 0.2) is 0 Å². The van der Waals surface area contributed by atoms with Crippen molar-refractivity contribution in [3.63, 3.8) is 0 Å². The van der Waals surface area contributed by atoms with Crippen LogP contribution >= 0.6 is 0 Å². The van der Waals surface area contributed by atoms with Crippen LogP contribution in [0.1, 0.15) is 30.4 Å². The summed E-state index contributed by atoms with van der Waals surface area (Å²) in [4.78, 5) is 11.8. The van der Waals surface area contributed by atoms with Gasteiger partial charge >= 0.3 is 0 Å². The predicted molar refractivity (Wildman–Crippen MR) is 63.8 cm³/mol. The number of hydrogen-bond donors (Lipinski definition) is 2. The Balaban J connectivity index is 1.87. The second kappa shape index (κ2) is 4.26. The molecule has 0 unspecified atom stereocenters. The zero-order valence-electron chi connectivity index (χ0n) is 9.62. The van der Waals surface area contributed by atoms with E-state index in [1.165, 1.54) is 5.56 Å². The van der Waals surface area contributed by atoms with Crippen LogP contribution in [-0.2, 0) is 11.3 Å². The third kappa shape index (κ3) is 2.25. The first-order valence-corrected chi connectivity index (χ1v) is 5.73. The Labute approximate surface area is 96.0 Å². The molecular weight excluding hydrogens is 200 g/mol. The average molecular weight is 218 g/mol. The molecule has 3 nitrogen and oxygen atoms in total. The van der Waals surface area contributed by atoms with E-state index in [0.717, 1.165) is 24.8 Å². The molecular formula is C13H18N2O. The molecule has 0 aromatic heterocycles. The number of carbonyl (C=O) groups excluding carboxylic acids is 1. The number of carbonyl (C=O) groups is 1. The lowest BCUT2D eigenvalue weighted by atomic mass is 9.77. The standard InChI is InChI=1S/C13H18N2O/c1-10-3-5-11(6-4-10)9-15-12(16)13(14)7-2-8-13/h3-6H,2,7-9,14H2,1H3,(H,15,16). The lowest BCUT2D eigenvalue weighted by Gasteiger charge is -2.36. The van der Waals surface area contributed by atoms with Crippen molar-refractivity contribution >= 4 is 5.91 Å². The van der Waals surface area contributed by atoms with Crippen LogP contribution in [0.15, 0.2) is 24.3 Å². The van der Waals surface area contributed by atoms with Crippen LogP contribution in [0, 0.1) is 6.92 Å². The molecule has 0 heterocycles. The molecule has 1 aliphatic carbocycles. The quantitative estimate of drug-likeness (QED) is 0.807. The summed E-state index contributed by atoms with van der Waals surface area (Å²) in [5.74, 6) is -0.0145. The Kier molecular flexibility index (Phi) is 2.97. The predicted octanol–water partition coefficient (Wildman–Crippen LogP) is 1.49. The minimum Gasteiger partial charge on any atom is -0.350 e. The van der Waals surface area contributed by atoms with Gasteiger partial charge in [-0.25, -0.2) is 0 Å². The summed E-state index contributed by atoms with van der Waals surface area (Å²) in [5.41, 5.74) is 7.67. The van der Waals surface area contributed by atoms with Crippen LogP contribution in [0.25, 0.3) is 0 Å². The highest BCUT2D eigenvalue weighted by atomic mass is 16.2. The summed E-state index contributed by atoms with van der Waals surface area (Å²) < 4.78 is 0. The van der Waals surface area contributed by atoms with Crippen LogP contribution in [0.2, 0.25) is 0 Å². The van der Waals surface area contributed by atoms with Gasteiger partial charge in [-0.2, -0.15) is 0 Å². The molecule has 0 spiro atoms. The molecule has 0 radical (unpaired) electrons. The number of nitrogens with one attached hydrogen (secondary N) is 1. The first-order chi connectivity index (χ1) is 7.60. The monoisotopic (exact) mass is 218 g/mol. The van der Waals surface area contributed by atoms with Gasteiger partial charge in [0.2, 0.25) is 5.91 Å². The SMILES string of the molecule is Cc1ccc(CNC(=O)C2(N)CCC2)cc1. The third-order valence-electron chi connectivity index (χ3n) is 3.27.